The summed E-state index contributed by atoms with van der Waals surface area (Å²) < 4.78 is 11.0. The molecule has 0 atom stereocenters. The van der Waals surface area contributed by atoms with Crippen molar-refractivity contribution >= 4 is 28.8 Å². The number of thiazole rings is 1. The van der Waals surface area contributed by atoms with Crippen LogP contribution in [0, 0.1) is 6.92 Å². The van der Waals surface area contributed by atoms with Crippen LogP contribution in [-0.4, -0.2) is 24.0 Å². The first-order valence-corrected chi connectivity index (χ1v) is 8.31. The predicted molar refractivity (Wildman–Crippen MR) is 89.4 cm³/mol. The van der Waals surface area contributed by atoms with Crippen LogP contribution in [0.25, 0.3) is 0 Å². The number of nitrogens with zero attached hydrogens (tertiary/aromatic N) is 2. The van der Waals surface area contributed by atoms with E-state index in [4.69, 9.17) is 31.6 Å². The van der Waals surface area contributed by atoms with Crippen molar-refractivity contribution < 1.29 is 14.3 Å². The van der Waals surface area contributed by atoms with Gasteiger partial charge in [-0.05, 0) is 24.6 Å². The Hall–Kier alpha value is -1.99. The molecule has 0 saturated heterocycles. The number of halogens is 1. The van der Waals surface area contributed by atoms with Gasteiger partial charge in [0.05, 0.1) is 22.1 Å². The van der Waals surface area contributed by atoms with E-state index in [0.717, 1.165) is 16.3 Å². The molecule has 6 nitrogen and oxygen atoms in total. The van der Waals surface area contributed by atoms with Crippen LogP contribution < -0.4 is 15.2 Å². The van der Waals surface area contributed by atoms with Gasteiger partial charge in [-0.15, -0.1) is 11.3 Å². The minimum absolute atomic E-state index is 0.243. The van der Waals surface area contributed by atoms with Gasteiger partial charge in [-0.25, -0.2) is 4.98 Å². The Kier molecular flexibility index (Phi) is 4.88. The minimum Gasteiger partial charge on any atom is -0.486 e. The highest BCUT2D eigenvalue weighted by Crippen LogP contribution is 2.38. The summed E-state index contributed by atoms with van der Waals surface area (Å²) in [4.78, 5) is 9.62. The largest absolute Gasteiger partial charge is 0.486 e. The van der Waals surface area contributed by atoms with E-state index in [9.17, 15) is 0 Å². The number of rotatable bonds is 5. The molecule has 1 aromatic carbocycles. The molecule has 1 aliphatic heterocycles. The molecule has 3 rings (SSSR count). The topological polar surface area (TPSA) is 79.0 Å². The molecule has 2 heterocycles. The van der Waals surface area contributed by atoms with E-state index >= 15 is 0 Å². The van der Waals surface area contributed by atoms with Gasteiger partial charge in [-0.2, -0.15) is 0 Å². The van der Waals surface area contributed by atoms with Crippen molar-refractivity contribution in [3.05, 3.63) is 38.8 Å². The fraction of sp³-hybridized carbons (Fsp3) is 0.333. The zero-order valence-electron chi connectivity index (χ0n) is 12.5. The molecule has 1 aromatic heterocycles. The first kappa shape index (κ1) is 15.9. The summed E-state index contributed by atoms with van der Waals surface area (Å²) in [5.41, 5.74) is 7.56. The van der Waals surface area contributed by atoms with E-state index in [1.54, 1.807) is 17.4 Å². The van der Waals surface area contributed by atoms with E-state index in [1.807, 2.05) is 18.4 Å². The predicted octanol–water partition coefficient (Wildman–Crippen LogP) is 2.91. The third-order valence-electron chi connectivity index (χ3n) is 3.10. The molecule has 0 spiro atoms. The fourth-order valence-electron chi connectivity index (χ4n) is 2.14. The maximum atomic E-state index is 6.17. The number of aromatic nitrogens is 1. The number of hydrogen-bond acceptors (Lipinski definition) is 6. The zero-order valence-corrected chi connectivity index (χ0v) is 14.1. The summed E-state index contributed by atoms with van der Waals surface area (Å²) in [6, 6.07) is 3.60. The van der Waals surface area contributed by atoms with Crippen LogP contribution >= 0.6 is 22.9 Å². The second-order valence-electron chi connectivity index (χ2n) is 4.99. The second kappa shape index (κ2) is 7.06. The van der Waals surface area contributed by atoms with Crippen molar-refractivity contribution in [2.75, 3.05) is 13.2 Å². The van der Waals surface area contributed by atoms with Crippen molar-refractivity contribution in [1.82, 2.24) is 4.98 Å². The molecule has 1 aliphatic rings. The van der Waals surface area contributed by atoms with Crippen LogP contribution in [0.15, 0.2) is 22.7 Å². The van der Waals surface area contributed by atoms with Gasteiger partial charge in [0.25, 0.3) is 0 Å². The number of amidine groups is 1. The lowest BCUT2D eigenvalue weighted by atomic mass is 10.2. The SMILES string of the molecule is Cc1nc(CC(N)=NOCc2cc(Cl)c3c(c2)OCCO3)cs1. The molecule has 0 bridgehead atoms. The number of oxime groups is 1. The quantitative estimate of drug-likeness (QED) is 0.508. The average molecular weight is 354 g/mol. The molecule has 2 N–H and O–H groups in total. The van der Waals surface area contributed by atoms with Crippen molar-refractivity contribution in [3.8, 4) is 11.5 Å². The van der Waals surface area contributed by atoms with Crippen molar-refractivity contribution in [2.45, 2.75) is 20.0 Å². The van der Waals surface area contributed by atoms with Crippen LogP contribution in [0.2, 0.25) is 5.02 Å². The van der Waals surface area contributed by atoms with Crippen LogP contribution in [0.1, 0.15) is 16.3 Å². The zero-order chi connectivity index (χ0) is 16.2. The van der Waals surface area contributed by atoms with Crippen LogP contribution in [-0.2, 0) is 17.9 Å². The molecular weight excluding hydrogens is 338 g/mol. The number of nitrogens with two attached hydrogens (primary N) is 1. The molecule has 0 aliphatic carbocycles. The number of ether oxygens (including phenoxy) is 2. The number of aryl methyl sites for hydroxylation is 1. The highest BCUT2D eigenvalue weighted by Gasteiger charge is 2.16. The Morgan fingerprint density at radius 1 is 1.43 bits per heavy atom. The molecule has 8 heteroatoms. The van der Waals surface area contributed by atoms with Gasteiger partial charge in [0.1, 0.15) is 25.7 Å². The standard InChI is InChI=1S/C15H16ClN3O3S/c1-9-18-11(8-23-9)6-14(17)19-22-7-10-4-12(16)15-13(5-10)20-2-3-21-15/h4-5,8H,2-3,6-7H2,1H3,(H2,17,19). The summed E-state index contributed by atoms with van der Waals surface area (Å²) in [6.45, 7) is 3.20. The molecular formula is C15H16ClN3O3S. The summed E-state index contributed by atoms with van der Waals surface area (Å²) in [5.74, 6) is 1.57. The van der Waals surface area contributed by atoms with Crippen LogP contribution in [0.3, 0.4) is 0 Å². The minimum atomic E-state index is 0.243. The summed E-state index contributed by atoms with van der Waals surface area (Å²) in [5, 5.41) is 7.36. The number of benzene rings is 1. The van der Waals surface area contributed by atoms with Crippen LogP contribution in [0.4, 0.5) is 0 Å². The lowest BCUT2D eigenvalue weighted by Gasteiger charge is -2.20. The number of fused-ring (bicyclic) bond motifs is 1. The highest BCUT2D eigenvalue weighted by atomic mass is 35.5. The van der Waals surface area contributed by atoms with Crippen molar-refractivity contribution in [3.63, 3.8) is 0 Å². The highest BCUT2D eigenvalue weighted by molar-refractivity contribution is 7.09. The van der Waals surface area contributed by atoms with E-state index in [-0.39, 0.29) is 6.61 Å². The summed E-state index contributed by atoms with van der Waals surface area (Å²) >= 11 is 7.75. The second-order valence-corrected chi connectivity index (χ2v) is 6.46. The Labute approximate surface area is 142 Å². The molecule has 23 heavy (non-hydrogen) atoms. The molecule has 0 saturated carbocycles. The molecule has 0 fully saturated rings. The Balaban J connectivity index is 1.59. The fourth-order valence-corrected chi connectivity index (χ4v) is 3.05. The first-order valence-electron chi connectivity index (χ1n) is 7.05. The van der Waals surface area contributed by atoms with Gasteiger partial charge in [0, 0.05) is 5.38 Å². The monoisotopic (exact) mass is 353 g/mol. The maximum absolute atomic E-state index is 6.17. The Bertz CT molecular complexity index is 733. The number of hydrogen-bond donors (Lipinski definition) is 1. The van der Waals surface area contributed by atoms with E-state index in [0.29, 0.717) is 42.0 Å². The summed E-state index contributed by atoms with van der Waals surface area (Å²) in [7, 11) is 0. The molecule has 0 unspecified atom stereocenters. The normalized spacial score (nSPS) is 13.9. The van der Waals surface area contributed by atoms with Crippen molar-refractivity contribution in [2.24, 2.45) is 10.9 Å². The van der Waals surface area contributed by atoms with Gasteiger partial charge in [-0.1, -0.05) is 16.8 Å². The first-order chi connectivity index (χ1) is 11.1. The van der Waals surface area contributed by atoms with Gasteiger partial charge < -0.3 is 20.0 Å². The lowest BCUT2D eigenvalue weighted by Crippen LogP contribution is -2.16. The summed E-state index contributed by atoms with van der Waals surface area (Å²) in [6.07, 6.45) is 0.465. The van der Waals surface area contributed by atoms with Crippen LogP contribution in [0.5, 0.6) is 11.5 Å². The Morgan fingerprint density at radius 3 is 3.04 bits per heavy atom. The van der Waals surface area contributed by atoms with E-state index in [1.165, 1.54) is 0 Å². The van der Waals surface area contributed by atoms with Gasteiger partial charge in [-0.3, -0.25) is 0 Å². The van der Waals surface area contributed by atoms with Gasteiger partial charge in [0.2, 0.25) is 0 Å². The van der Waals surface area contributed by atoms with Gasteiger partial charge >= 0.3 is 0 Å². The third-order valence-corrected chi connectivity index (χ3v) is 4.20. The maximum Gasteiger partial charge on any atom is 0.179 e. The van der Waals surface area contributed by atoms with Gasteiger partial charge in [0.15, 0.2) is 11.5 Å². The Morgan fingerprint density at radius 2 is 2.26 bits per heavy atom. The molecule has 2 aromatic rings. The van der Waals surface area contributed by atoms with Crippen molar-refractivity contribution in [1.29, 1.82) is 0 Å². The molecule has 122 valence electrons. The molecule has 0 radical (unpaired) electrons. The molecule has 0 amide bonds. The lowest BCUT2D eigenvalue weighted by molar-refractivity contribution is 0.128. The average Bonchev–Trinajstić information content (AvgIpc) is 2.92. The smallest absolute Gasteiger partial charge is 0.179 e. The van der Waals surface area contributed by atoms with E-state index < -0.39 is 0 Å². The third kappa shape index (κ3) is 4.05. The van der Waals surface area contributed by atoms with E-state index in [2.05, 4.69) is 10.1 Å².